The Morgan fingerprint density at radius 2 is 0.866 bits per heavy atom. The molecular formula is C65H44N2. The molecule has 0 unspecified atom stereocenters. The first-order valence-electron chi connectivity index (χ1n) is 23.2. The summed E-state index contributed by atoms with van der Waals surface area (Å²) in [5.74, 6) is 0. The van der Waals surface area contributed by atoms with Gasteiger partial charge < -0.3 is 9.47 Å². The molecule has 2 nitrogen and oxygen atoms in total. The normalized spacial score (nSPS) is 12.6. The van der Waals surface area contributed by atoms with Crippen LogP contribution in [0.2, 0.25) is 0 Å². The van der Waals surface area contributed by atoms with Crippen molar-refractivity contribution in [2.45, 2.75) is 5.41 Å². The number of hydrogen-bond donors (Lipinski definition) is 0. The Bertz CT molecular complexity index is 3750. The average molecular weight is 853 g/mol. The lowest BCUT2D eigenvalue weighted by Gasteiger charge is -2.35. The Morgan fingerprint density at radius 1 is 0.313 bits per heavy atom. The number of rotatable bonds is 8. The molecule has 0 bridgehead atoms. The summed E-state index contributed by atoms with van der Waals surface area (Å²) >= 11 is 0. The smallest absolute Gasteiger partial charge is 0.0714 e. The minimum Gasteiger partial charge on any atom is -0.310 e. The van der Waals surface area contributed by atoms with Crippen molar-refractivity contribution in [2.75, 3.05) is 4.90 Å². The van der Waals surface area contributed by atoms with Gasteiger partial charge >= 0.3 is 0 Å². The molecule has 67 heavy (non-hydrogen) atoms. The third kappa shape index (κ3) is 6.18. The van der Waals surface area contributed by atoms with Crippen molar-refractivity contribution in [1.29, 1.82) is 0 Å². The molecular weight excluding hydrogens is 809 g/mol. The highest BCUT2D eigenvalue weighted by Crippen LogP contribution is 2.57. The van der Waals surface area contributed by atoms with E-state index in [1.165, 1.54) is 88.3 Å². The van der Waals surface area contributed by atoms with E-state index in [1.807, 2.05) is 0 Å². The van der Waals surface area contributed by atoms with Crippen LogP contribution in [0.4, 0.5) is 17.1 Å². The summed E-state index contributed by atoms with van der Waals surface area (Å²) in [5.41, 5.74) is 18.8. The third-order valence-corrected chi connectivity index (χ3v) is 14.1. The van der Waals surface area contributed by atoms with E-state index in [4.69, 9.17) is 0 Å². The van der Waals surface area contributed by atoms with E-state index >= 15 is 0 Å². The highest BCUT2D eigenvalue weighted by molar-refractivity contribution is 6.10. The number of anilines is 3. The van der Waals surface area contributed by atoms with Gasteiger partial charge in [0.25, 0.3) is 0 Å². The van der Waals surface area contributed by atoms with Gasteiger partial charge in [0.05, 0.1) is 22.1 Å². The van der Waals surface area contributed by atoms with Gasteiger partial charge in [-0.2, -0.15) is 0 Å². The molecule has 12 aromatic rings. The first-order chi connectivity index (χ1) is 33.2. The maximum Gasteiger partial charge on any atom is 0.0714 e. The zero-order valence-corrected chi connectivity index (χ0v) is 36.8. The first kappa shape index (κ1) is 38.7. The fraction of sp³-hybridized carbons (Fsp3) is 0.0154. The summed E-state index contributed by atoms with van der Waals surface area (Å²) in [7, 11) is 0. The molecule has 11 aromatic carbocycles. The van der Waals surface area contributed by atoms with Gasteiger partial charge in [0, 0.05) is 33.2 Å². The summed E-state index contributed by atoms with van der Waals surface area (Å²) < 4.78 is 2.37. The molecule has 0 saturated heterocycles. The summed E-state index contributed by atoms with van der Waals surface area (Å²) in [6, 6.07) is 98.1. The maximum absolute atomic E-state index is 2.46. The molecule has 0 N–H and O–H groups in total. The second-order valence-corrected chi connectivity index (χ2v) is 17.6. The van der Waals surface area contributed by atoms with Crippen molar-refractivity contribution in [2.24, 2.45) is 0 Å². The molecule has 0 aliphatic heterocycles. The molecule has 0 amide bonds. The van der Waals surface area contributed by atoms with Crippen LogP contribution >= 0.6 is 0 Å². The summed E-state index contributed by atoms with van der Waals surface area (Å²) in [6.45, 7) is 0. The van der Waals surface area contributed by atoms with Crippen molar-refractivity contribution in [3.8, 4) is 39.1 Å². The van der Waals surface area contributed by atoms with E-state index in [1.54, 1.807) is 0 Å². The van der Waals surface area contributed by atoms with E-state index in [-0.39, 0.29) is 0 Å². The van der Waals surface area contributed by atoms with Crippen LogP contribution in [-0.4, -0.2) is 4.57 Å². The summed E-state index contributed by atoms with van der Waals surface area (Å²) in [4.78, 5) is 2.46. The van der Waals surface area contributed by atoms with Crippen molar-refractivity contribution in [3.63, 3.8) is 0 Å². The van der Waals surface area contributed by atoms with Crippen LogP contribution in [0.1, 0.15) is 22.3 Å². The van der Waals surface area contributed by atoms with Crippen LogP contribution < -0.4 is 4.90 Å². The Labute approximate surface area is 390 Å². The third-order valence-electron chi connectivity index (χ3n) is 14.1. The van der Waals surface area contributed by atoms with Crippen LogP contribution in [0.15, 0.2) is 267 Å². The van der Waals surface area contributed by atoms with E-state index in [0.29, 0.717) is 0 Å². The average Bonchev–Trinajstić information content (AvgIpc) is 3.90. The molecule has 0 atom stereocenters. The fourth-order valence-corrected chi connectivity index (χ4v) is 11.1. The zero-order chi connectivity index (χ0) is 44.3. The lowest BCUT2D eigenvalue weighted by Crippen LogP contribution is -2.28. The van der Waals surface area contributed by atoms with Crippen molar-refractivity contribution < 1.29 is 0 Å². The predicted octanol–water partition coefficient (Wildman–Crippen LogP) is 17.1. The molecule has 1 aliphatic rings. The minimum atomic E-state index is -0.512. The van der Waals surface area contributed by atoms with Crippen LogP contribution in [0.5, 0.6) is 0 Å². The van der Waals surface area contributed by atoms with Crippen LogP contribution in [0, 0.1) is 0 Å². The standard InChI is InChI=1S/C65H44N2/c1-4-21-50(22-5-1)65(51-23-6-2-7-24-51)60-31-14-12-29-56(60)57-40-39-54(44-61(57)65)66(62-33-17-19-47-18-10-11-28-55(47)62)53-27-16-20-48(42-53)45-34-36-46(37-35-45)49-38-41-64-59(43-49)58-30-13-15-32-63(58)67(64)52-25-8-3-9-26-52/h1-44H. The lowest BCUT2D eigenvalue weighted by molar-refractivity contribution is 0.768. The second kappa shape index (κ2) is 15.8. The molecule has 1 heterocycles. The Balaban J connectivity index is 0.941. The lowest BCUT2D eigenvalue weighted by atomic mass is 9.67. The highest BCUT2D eigenvalue weighted by atomic mass is 15.1. The van der Waals surface area contributed by atoms with Gasteiger partial charge in [0.2, 0.25) is 0 Å². The molecule has 314 valence electrons. The number of para-hydroxylation sites is 2. The molecule has 0 spiro atoms. The fourth-order valence-electron chi connectivity index (χ4n) is 11.1. The van der Waals surface area contributed by atoms with Crippen molar-refractivity contribution in [3.05, 3.63) is 289 Å². The van der Waals surface area contributed by atoms with Gasteiger partial charge in [0.15, 0.2) is 0 Å². The minimum absolute atomic E-state index is 0.512. The van der Waals surface area contributed by atoms with E-state index in [0.717, 1.165) is 22.6 Å². The second-order valence-electron chi connectivity index (χ2n) is 17.6. The van der Waals surface area contributed by atoms with Crippen LogP contribution in [0.25, 0.3) is 71.6 Å². The Kier molecular flexibility index (Phi) is 9.11. The van der Waals surface area contributed by atoms with E-state index < -0.39 is 5.41 Å². The van der Waals surface area contributed by atoms with Gasteiger partial charge in [-0.1, -0.05) is 206 Å². The van der Waals surface area contributed by atoms with Crippen molar-refractivity contribution >= 4 is 49.6 Å². The molecule has 2 heteroatoms. The Morgan fingerprint density at radius 3 is 1.63 bits per heavy atom. The topological polar surface area (TPSA) is 8.17 Å². The Hall–Kier alpha value is -8.72. The monoisotopic (exact) mass is 852 g/mol. The highest BCUT2D eigenvalue weighted by Gasteiger charge is 2.46. The van der Waals surface area contributed by atoms with Gasteiger partial charge in [-0.25, -0.2) is 0 Å². The molecule has 1 aliphatic carbocycles. The molecule has 13 rings (SSSR count). The zero-order valence-electron chi connectivity index (χ0n) is 36.8. The van der Waals surface area contributed by atoms with Crippen molar-refractivity contribution in [1.82, 2.24) is 4.57 Å². The largest absolute Gasteiger partial charge is 0.310 e. The van der Waals surface area contributed by atoms with Gasteiger partial charge in [-0.3, -0.25) is 0 Å². The van der Waals surface area contributed by atoms with Crippen LogP contribution in [-0.2, 0) is 5.41 Å². The number of fused-ring (bicyclic) bond motifs is 7. The summed E-state index contributed by atoms with van der Waals surface area (Å²) in [5, 5.41) is 4.91. The summed E-state index contributed by atoms with van der Waals surface area (Å²) in [6.07, 6.45) is 0. The quantitative estimate of drug-likeness (QED) is 0.148. The number of nitrogens with zero attached hydrogens (tertiary/aromatic N) is 2. The molecule has 0 radical (unpaired) electrons. The van der Waals surface area contributed by atoms with Crippen LogP contribution in [0.3, 0.4) is 0 Å². The predicted molar refractivity (Wildman–Crippen MR) is 281 cm³/mol. The molecule has 1 aromatic heterocycles. The first-order valence-corrected chi connectivity index (χ1v) is 23.2. The number of hydrogen-bond acceptors (Lipinski definition) is 1. The van der Waals surface area contributed by atoms with E-state index in [2.05, 4.69) is 276 Å². The number of aromatic nitrogens is 1. The van der Waals surface area contributed by atoms with E-state index in [9.17, 15) is 0 Å². The molecule has 0 saturated carbocycles. The maximum atomic E-state index is 2.46. The van der Waals surface area contributed by atoms with Gasteiger partial charge in [0.1, 0.15) is 0 Å². The van der Waals surface area contributed by atoms with Gasteiger partial charge in [-0.05, 0) is 122 Å². The molecule has 0 fully saturated rings. The number of benzene rings is 11. The van der Waals surface area contributed by atoms with Gasteiger partial charge in [-0.15, -0.1) is 0 Å². The SMILES string of the molecule is c1ccc(-n2c3ccccc3c3cc(-c4ccc(-c5cccc(N(c6ccc7c(c6)C(c6ccccc6)(c6ccccc6)c6ccccc6-7)c6cccc7ccccc67)c5)cc4)ccc32)cc1.